The Kier molecular flexibility index (Phi) is 6.91. The van der Waals surface area contributed by atoms with Crippen LogP contribution in [-0.2, 0) is 22.6 Å². The van der Waals surface area contributed by atoms with Gasteiger partial charge in [0.05, 0.1) is 24.4 Å². The van der Waals surface area contributed by atoms with Gasteiger partial charge in [0.15, 0.2) is 23.2 Å². The van der Waals surface area contributed by atoms with Crippen molar-refractivity contribution >= 4 is 23.3 Å². The summed E-state index contributed by atoms with van der Waals surface area (Å²) in [5.41, 5.74) is 5.79. The zero-order valence-corrected chi connectivity index (χ0v) is 18.7. The first-order valence-electron chi connectivity index (χ1n) is 10.8. The summed E-state index contributed by atoms with van der Waals surface area (Å²) >= 11 is 0. The molecule has 0 spiro atoms. The summed E-state index contributed by atoms with van der Waals surface area (Å²) in [4.78, 5) is 49.1. The third-order valence-corrected chi connectivity index (χ3v) is 5.71. The molecule has 11 heteroatoms. The standard InChI is InChI=1S/C25H20F3N3O5/c26-18-6-13(7-19(27)23(18)28)11-31-5-1-2-17(25(31)35)21(32)8-15(24(29)34)12-36-16-4-3-14-9-22(33)30-20(14)10-16/h1-7,10,15H,8-9,11-12H2,(H2,29,34)(H,30,33)/t15-/m0/s1. The first-order valence-corrected chi connectivity index (χ1v) is 10.8. The average Bonchev–Trinajstić information content (AvgIpc) is 3.20. The van der Waals surface area contributed by atoms with Crippen LogP contribution in [0.2, 0.25) is 0 Å². The molecule has 0 aliphatic carbocycles. The average molecular weight is 499 g/mol. The molecule has 3 N–H and O–H groups in total. The molecule has 186 valence electrons. The molecule has 4 rings (SSSR count). The molecular weight excluding hydrogens is 479 g/mol. The quantitative estimate of drug-likeness (QED) is 0.346. The van der Waals surface area contributed by atoms with E-state index in [9.17, 15) is 32.3 Å². The number of rotatable bonds is 9. The van der Waals surface area contributed by atoms with Gasteiger partial charge in [-0.25, -0.2) is 13.2 Å². The first-order chi connectivity index (χ1) is 17.1. The maximum atomic E-state index is 13.5. The van der Waals surface area contributed by atoms with E-state index in [0.29, 0.717) is 11.4 Å². The number of ether oxygens (including phenoxy) is 1. The van der Waals surface area contributed by atoms with Crippen LogP contribution in [0.5, 0.6) is 5.75 Å². The van der Waals surface area contributed by atoms with Crippen LogP contribution in [0, 0.1) is 23.4 Å². The molecule has 0 saturated carbocycles. The fraction of sp³-hybridized carbons (Fsp3) is 0.200. The van der Waals surface area contributed by atoms with E-state index in [2.05, 4.69) is 5.32 Å². The van der Waals surface area contributed by atoms with Crippen LogP contribution in [0.3, 0.4) is 0 Å². The van der Waals surface area contributed by atoms with Gasteiger partial charge in [-0.15, -0.1) is 0 Å². The number of hydrogen-bond acceptors (Lipinski definition) is 5. The van der Waals surface area contributed by atoms with Gasteiger partial charge in [-0.05, 0) is 41.5 Å². The number of benzene rings is 2. The van der Waals surface area contributed by atoms with Crippen LogP contribution in [0.25, 0.3) is 0 Å². The molecule has 0 radical (unpaired) electrons. The minimum atomic E-state index is -1.63. The van der Waals surface area contributed by atoms with Gasteiger partial charge >= 0.3 is 0 Å². The molecule has 0 bridgehead atoms. The lowest BCUT2D eigenvalue weighted by atomic mass is 9.99. The summed E-state index contributed by atoms with van der Waals surface area (Å²) in [6.07, 6.45) is 1.14. The van der Waals surface area contributed by atoms with Crippen LogP contribution in [0.1, 0.15) is 27.9 Å². The number of primary amides is 1. The molecule has 36 heavy (non-hydrogen) atoms. The Morgan fingerprint density at radius 3 is 2.50 bits per heavy atom. The van der Waals surface area contributed by atoms with E-state index in [0.717, 1.165) is 22.3 Å². The molecule has 2 aromatic carbocycles. The van der Waals surface area contributed by atoms with Gasteiger partial charge in [0.25, 0.3) is 5.56 Å². The lowest BCUT2D eigenvalue weighted by molar-refractivity contribution is -0.122. The molecule has 1 aliphatic rings. The van der Waals surface area contributed by atoms with Gasteiger partial charge in [-0.1, -0.05) is 6.07 Å². The van der Waals surface area contributed by atoms with Crippen molar-refractivity contribution in [2.45, 2.75) is 19.4 Å². The monoisotopic (exact) mass is 499 g/mol. The number of halogens is 3. The largest absolute Gasteiger partial charge is 0.493 e. The fourth-order valence-corrected chi connectivity index (χ4v) is 3.83. The number of pyridine rings is 1. The van der Waals surface area contributed by atoms with Crippen LogP contribution in [0.15, 0.2) is 53.5 Å². The van der Waals surface area contributed by atoms with Crippen LogP contribution < -0.4 is 21.3 Å². The van der Waals surface area contributed by atoms with Gasteiger partial charge < -0.3 is 20.4 Å². The number of ketones is 1. The molecule has 0 unspecified atom stereocenters. The van der Waals surface area contributed by atoms with Crippen LogP contribution >= 0.6 is 0 Å². The fourth-order valence-electron chi connectivity index (χ4n) is 3.83. The highest BCUT2D eigenvalue weighted by molar-refractivity contribution is 5.99. The summed E-state index contributed by atoms with van der Waals surface area (Å²) in [5.74, 6) is -6.78. The second-order valence-electron chi connectivity index (χ2n) is 8.31. The van der Waals surface area contributed by atoms with E-state index in [1.165, 1.54) is 18.3 Å². The number of carbonyl (C=O) groups is 3. The van der Waals surface area contributed by atoms with Crippen molar-refractivity contribution in [1.29, 1.82) is 0 Å². The second-order valence-corrected chi connectivity index (χ2v) is 8.31. The third kappa shape index (κ3) is 5.29. The molecule has 0 fully saturated rings. The van der Waals surface area contributed by atoms with Crippen molar-refractivity contribution in [2.75, 3.05) is 11.9 Å². The summed E-state index contributed by atoms with van der Waals surface area (Å²) < 4.78 is 46.9. The molecule has 0 saturated heterocycles. The Labute approximate surface area is 202 Å². The van der Waals surface area contributed by atoms with E-state index < -0.39 is 47.0 Å². The topological polar surface area (TPSA) is 120 Å². The number of fused-ring (bicyclic) bond motifs is 1. The molecular formula is C25H20F3N3O5. The zero-order valence-electron chi connectivity index (χ0n) is 18.7. The van der Waals surface area contributed by atoms with Gasteiger partial charge in [-0.3, -0.25) is 19.2 Å². The molecule has 1 aromatic heterocycles. The predicted octanol–water partition coefficient (Wildman–Crippen LogP) is 2.56. The van der Waals surface area contributed by atoms with E-state index in [4.69, 9.17) is 10.5 Å². The molecule has 8 nitrogen and oxygen atoms in total. The Balaban J connectivity index is 1.46. The molecule has 1 atom stereocenters. The van der Waals surface area contributed by atoms with E-state index in [-0.39, 0.29) is 36.6 Å². The Bertz CT molecular complexity index is 1410. The predicted molar refractivity (Wildman–Crippen MR) is 122 cm³/mol. The number of Topliss-reactive ketones (excluding diaryl/α,β-unsaturated/α-hetero) is 1. The van der Waals surface area contributed by atoms with Crippen LogP contribution in [-0.4, -0.2) is 28.8 Å². The minimum Gasteiger partial charge on any atom is -0.493 e. The zero-order chi connectivity index (χ0) is 26.0. The molecule has 1 aliphatic heterocycles. The van der Waals surface area contributed by atoms with Crippen LogP contribution in [0.4, 0.5) is 18.9 Å². The Hall–Kier alpha value is -4.41. The number of nitrogens with two attached hydrogens (primary N) is 1. The van der Waals surface area contributed by atoms with Gasteiger partial charge in [0.1, 0.15) is 12.4 Å². The van der Waals surface area contributed by atoms with E-state index in [1.807, 2.05) is 0 Å². The second kappa shape index (κ2) is 10.1. The number of anilines is 1. The van der Waals surface area contributed by atoms with E-state index in [1.54, 1.807) is 18.2 Å². The Morgan fingerprint density at radius 2 is 1.81 bits per heavy atom. The van der Waals surface area contributed by atoms with Crippen molar-refractivity contribution < 1.29 is 32.3 Å². The number of hydrogen-bond donors (Lipinski definition) is 2. The van der Waals surface area contributed by atoms with Crippen molar-refractivity contribution in [3.63, 3.8) is 0 Å². The molecule has 3 aromatic rings. The number of nitrogens with zero attached hydrogens (tertiary/aromatic N) is 1. The minimum absolute atomic E-state index is 0.0213. The maximum absolute atomic E-state index is 13.5. The summed E-state index contributed by atoms with van der Waals surface area (Å²) in [7, 11) is 0. The highest BCUT2D eigenvalue weighted by Gasteiger charge is 2.24. The SMILES string of the molecule is NC(=O)[C@H](COc1ccc2c(c1)NC(=O)C2)CC(=O)c1cccn(Cc2cc(F)c(F)c(F)c2)c1=O. The number of aromatic nitrogens is 1. The van der Waals surface area contributed by atoms with Gasteiger partial charge in [0, 0.05) is 24.4 Å². The summed E-state index contributed by atoms with van der Waals surface area (Å²) in [5, 5.41) is 2.68. The summed E-state index contributed by atoms with van der Waals surface area (Å²) in [6, 6.07) is 9.08. The number of nitrogens with one attached hydrogen (secondary N) is 1. The van der Waals surface area contributed by atoms with Crippen molar-refractivity contribution in [1.82, 2.24) is 4.57 Å². The first kappa shape index (κ1) is 24.7. The normalized spacial score (nSPS) is 13.1. The summed E-state index contributed by atoms with van der Waals surface area (Å²) in [6.45, 7) is -0.561. The lowest BCUT2D eigenvalue weighted by Crippen LogP contribution is -2.33. The van der Waals surface area contributed by atoms with Gasteiger partial charge in [-0.2, -0.15) is 0 Å². The maximum Gasteiger partial charge on any atom is 0.261 e. The molecule has 2 amide bonds. The smallest absolute Gasteiger partial charge is 0.261 e. The Morgan fingerprint density at radius 1 is 1.08 bits per heavy atom. The lowest BCUT2D eigenvalue weighted by Gasteiger charge is -2.15. The third-order valence-electron chi connectivity index (χ3n) is 5.71. The highest BCUT2D eigenvalue weighted by atomic mass is 19.2. The number of amides is 2. The number of carbonyl (C=O) groups excluding carboxylic acids is 3. The van der Waals surface area contributed by atoms with Gasteiger partial charge in [0.2, 0.25) is 11.8 Å². The van der Waals surface area contributed by atoms with Crippen molar-refractivity contribution in [3.05, 3.63) is 93.2 Å². The van der Waals surface area contributed by atoms with Crippen molar-refractivity contribution in [2.24, 2.45) is 11.7 Å². The van der Waals surface area contributed by atoms with E-state index >= 15 is 0 Å². The highest BCUT2D eigenvalue weighted by Crippen LogP contribution is 2.28. The molecule has 2 heterocycles. The van der Waals surface area contributed by atoms with Crippen molar-refractivity contribution in [3.8, 4) is 5.75 Å².